The average Bonchev–Trinajstić information content (AvgIpc) is 2.94. The molecule has 0 radical (unpaired) electrons. The quantitative estimate of drug-likeness (QED) is 0.744. The van der Waals surface area contributed by atoms with Crippen LogP contribution >= 0.6 is 11.3 Å². The van der Waals surface area contributed by atoms with Crippen LogP contribution in [0.3, 0.4) is 0 Å². The van der Waals surface area contributed by atoms with Crippen molar-refractivity contribution in [3.05, 3.63) is 41.0 Å². The van der Waals surface area contributed by atoms with Gasteiger partial charge >= 0.3 is 0 Å². The number of H-pyrrole nitrogens is 1. The SMILES string of the molecule is Cc1cnc(NCc2cccc3cn[nH]c23)s1. The minimum absolute atomic E-state index is 0.756. The van der Waals surface area contributed by atoms with Crippen LogP contribution in [-0.4, -0.2) is 15.2 Å². The van der Waals surface area contributed by atoms with E-state index >= 15 is 0 Å². The number of benzene rings is 1. The molecule has 0 spiro atoms. The summed E-state index contributed by atoms with van der Waals surface area (Å²) < 4.78 is 0. The fourth-order valence-corrected chi connectivity index (χ4v) is 2.45. The minimum Gasteiger partial charge on any atom is -0.357 e. The Labute approximate surface area is 103 Å². The molecule has 1 aromatic carbocycles. The predicted octanol–water partition coefficient (Wildman–Crippen LogP) is 2.94. The molecule has 4 nitrogen and oxygen atoms in total. The summed E-state index contributed by atoms with van der Waals surface area (Å²) in [6.45, 7) is 2.81. The van der Waals surface area contributed by atoms with E-state index in [1.165, 1.54) is 10.4 Å². The summed E-state index contributed by atoms with van der Waals surface area (Å²) in [6.07, 6.45) is 3.72. The molecule has 2 heterocycles. The van der Waals surface area contributed by atoms with Gasteiger partial charge in [0.15, 0.2) is 5.13 Å². The fraction of sp³-hybridized carbons (Fsp3) is 0.167. The van der Waals surface area contributed by atoms with Gasteiger partial charge in [-0.2, -0.15) is 5.10 Å². The zero-order chi connectivity index (χ0) is 11.7. The summed E-state index contributed by atoms with van der Waals surface area (Å²) in [4.78, 5) is 5.50. The van der Waals surface area contributed by atoms with Crippen molar-refractivity contribution in [2.45, 2.75) is 13.5 Å². The number of aryl methyl sites for hydroxylation is 1. The first kappa shape index (κ1) is 10.3. The lowest BCUT2D eigenvalue weighted by Crippen LogP contribution is -1.99. The Hall–Kier alpha value is -1.88. The number of para-hydroxylation sites is 1. The predicted molar refractivity (Wildman–Crippen MR) is 70.3 cm³/mol. The average molecular weight is 244 g/mol. The zero-order valence-corrected chi connectivity index (χ0v) is 10.2. The van der Waals surface area contributed by atoms with E-state index in [9.17, 15) is 0 Å². The normalized spacial score (nSPS) is 10.9. The third-order valence-electron chi connectivity index (χ3n) is 2.61. The van der Waals surface area contributed by atoms with Crippen LogP contribution in [0.4, 0.5) is 5.13 Å². The smallest absolute Gasteiger partial charge is 0.183 e. The summed E-state index contributed by atoms with van der Waals surface area (Å²) in [5, 5.41) is 12.5. The molecule has 2 aromatic heterocycles. The molecule has 0 aliphatic heterocycles. The second kappa shape index (κ2) is 4.18. The van der Waals surface area contributed by atoms with Crippen LogP contribution in [0.15, 0.2) is 30.6 Å². The number of rotatable bonds is 3. The van der Waals surface area contributed by atoms with Crippen molar-refractivity contribution >= 4 is 27.4 Å². The molecule has 0 aliphatic carbocycles. The van der Waals surface area contributed by atoms with E-state index in [1.54, 1.807) is 11.3 Å². The molecule has 5 heteroatoms. The van der Waals surface area contributed by atoms with Crippen molar-refractivity contribution in [3.63, 3.8) is 0 Å². The van der Waals surface area contributed by atoms with Crippen molar-refractivity contribution in [1.29, 1.82) is 0 Å². The van der Waals surface area contributed by atoms with Crippen molar-refractivity contribution in [2.24, 2.45) is 0 Å². The summed E-state index contributed by atoms with van der Waals surface area (Å²) in [7, 11) is 0. The highest BCUT2D eigenvalue weighted by Crippen LogP contribution is 2.20. The molecule has 0 bridgehead atoms. The third-order valence-corrected chi connectivity index (χ3v) is 3.48. The van der Waals surface area contributed by atoms with E-state index < -0.39 is 0 Å². The molecule has 0 amide bonds. The first-order valence-corrected chi connectivity index (χ1v) is 6.22. The Morgan fingerprint density at radius 3 is 3.12 bits per heavy atom. The summed E-state index contributed by atoms with van der Waals surface area (Å²) >= 11 is 1.67. The number of aromatic amines is 1. The van der Waals surface area contributed by atoms with Gasteiger partial charge in [-0.15, -0.1) is 11.3 Å². The van der Waals surface area contributed by atoms with E-state index in [2.05, 4.69) is 39.6 Å². The lowest BCUT2D eigenvalue weighted by Gasteiger charge is -2.03. The number of anilines is 1. The molecule has 86 valence electrons. The largest absolute Gasteiger partial charge is 0.357 e. The number of nitrogens with one attached hydrogen (secondary N) is 2. The van der Waals surface area contributed by atoms with E-state index in [1.807, 2.05) is 18.5 Å². The number of aromatic nitrogens is 3. The summed E-state index contributed by atoms with van der Waals surface area (Å²) in [5.41, 5.74) is 2.29. The van der Waals surface area contributed by atoms with Gasteiger partial charge in [0, 0.05) is 23.0 Å². The van der Waals surface area contributed by atoms with Gasteiger partial charge in [-0.25, -0.2) is 4.98 Å². The number of thiazole rings is 1. The molecule has 3 rings (SSSR count). The molecule has 0 saturated carbocycles. The minimum atomic E-state index is 0.756. The van der Waals surface area contributed by atoms with E-state index in [4.69, 9.17) is 0 Å². The molecule has 0 atom stereocenters. The van der Waals surface area contributed by atoms with Crippen LogP contribution in [0.25, 0.3) is 10.9 Å². The molecule has 2 N–H and O–H groups in total. The Balaban J connectivity index is 1.83. The van der Waals surface area contributed by atoms with E-state index in [0.29, 0.717) is 0 Å². The number of fused-ring (bicyclic) bond motifs is 1. The van der Waals surface area contributed by atoms with Gasteiger partial charge in [0.25, 0.3) is 0 Å². The van der Waals surface area contributed by atoms with Gasteiger partial charge in [-0.1, -0.05) is 18.2 Å². The van der Waals surface area contributed by atoms with Crippen molar-refractivity contribution in [2.75, 3.05) is 5.32 Å². The molecular formula is C12H12N4S. The van der Waals surface area contributed by atoms with Gasteiger partial charge in [-0.05, 0) is 12.5 Å². The van der Waals surface area contributed by atoms with Gasteiger partial charge in [0.1, 0.15) is 0 Å². The summed E-state index contributed by atoms with van der Waals surface area (Å²) in [6, 6.07) is 6.19. The maximum absolute atomic E-state index is 4.28. The number of hydrogen-bond acceptors (Lipinski definition) is 4. The van der Waals surface area contributed by atoms with Crippen molar-refractivity contribution < 1.29 is 0 Å². The van der Waals surface area contributed by atoms with Crippen LogP contribution in [0.1, 0.15) is 10.4 Å². The van der Waals surface area contributed by atoms with Gasteiger partial charge < -0.3 is 5.32 Å². The maximum Gasteiger partial charge on any atom is 0.183 e. The van der Waals surface area contributed by atoms with Crippen molar-refractivity contribution in [1.82, 2.24) is 15.2 Å². The monoisotopic (exact) mass is 244 g/mol. The molecule has 17 heavy (non-hydrogen) atoms. The fourth-order valence-electron chi connectivity index (χ4n) is 1.78. The highest BCUT2D eigenvalue weighted by molar-refractivity contribution is 7.15. The van der Waals surface area contributed by atoms with Gasteiger partial charge in [-0.3, -0.25) is 5.10 Å². The van der Waals surface area contributed by atoms with E-state index in [0.717, 1.165) is 22.6 Å². The zero-order valence-electron chi connectivity index (χ0n) is 9.40. The summed E-state index contributed by atoms with van der Waals surface area (Å²) in [5.74, 6) is 0. The van der Waals surface area contributed by atoms with Crippen LogP contribution in [-0.2, 0) is 6.54 Å². The van der Waals surface area contributed by atoms with Crippen LogP contribution in [0, 0.1) is 6.92 Å². The Morgan fingerprint density at radius 2 is 2.29 bits per heavy atom. The lowest BCUT2D eigenvalue weighted by atomic mass is 10.1. The Bertz CT molecular complexity index is 641. The first-order valence-electron chi connectivity index (χ1n) is 5.40. The molecule has 0 aliphatic rings. The maximum atomic E-state index is 4.28. The number of nitrogens with zero attached hydrogens (tertiary/aromatic N) is 2. The standard InChI is InChI=1S/C12H12N4S/c1-8-5-13-12(17-8)14-6-9-3-2-4-10-7-15-16-11(9)10/h2-5,7H,6H2,1H3,(H,13,14)(H,15,16). The van der Waals surface area contributed by atoms with Crippen molar-refractivity contribution in [3.8, 4) is 0 Å². The van der Waals surface area contributed by atoms with Gasteiger partial charge in [0.05, 0.1) is 11.7 Å². The highest BCUT2D eigenvalue weighted by Gasteiger charge is 2.03. The highest BCUT2D eigenvalue weighted by atomic mass is 32.1. The molecule has 0 unspecified atom stereocenters. The molecular weight excluding hydrogens is 232 g/mol. The first-order chi connectivity index (χ1) is 8.33. The van der Waals surface area contributed by atoms with Crippen LogP contribution < -0.4 is 5.32 Å². The topological polar surface area (TPSA) is 53.6 Å². The van der Waals surface area contributed by atoms with Gasteiger partial charge in [0.2, 0.25) is 0 Å². The molecule has 3 aromatic rings. The van der Waals surface area contributed by atoms with E-state index in [-0.39, 0.29) is 0 Å². The third kappa shape index (κ3) is 2.01. The lowest BCUT2D eigenvalue weighted by molar-refractivity contribution is 1.09. The Morgan fingerprint density at radius 1 is 1.35 bits per heavy atom. The number of hydrogen-bond donors (Lipinski definition) is 2. The Kier molecular flexibility index (Phi) is 2.53. The molecule has 0 fully saturated rings. The van der Waals surface area contributed by atoms with Crippen LogP contribution in [0.5, 0.6) is 0 Å². The molecule has 0 saturated heterocycles. The second-order valence-electron chi connectivity index (χ2n) is 3.88. The second-order valence-corrected chi connectivity index (χ2v) is 5.12. The van der Waals surface area contributed by atoms with Crippen LogP contribution in [0.2, 0.25) is 0 Å².